The minimum atomic E-state index is 0.309. The maximum absolute atomic E-state index is 6.20. The van der Waals surface area contributed by atoms with Crippen molar-refractivity contribution in [3.05, 3.63) is 10.6 Å². The molecule has 2 atom stereocenters. The molecule has 2 N–H and O–H groups in total. The Balaban J connectivity index is 2.14. The summed E-state index contributed by atoms with van der Waals surface area (Å²) in [6, 6.07) is 0.780. The van der Waals surface area contributed by atoms with E-state index in [2.05, 4.69) is 30.8 Å². The van der Waals surface area contributed by atoms with Crippen LogP contribution in [0.4, 0.5) is 5.13 Å². The molecule has 0 aliphatic heterocycles. The van der Waals surface area contributed by atoms with E-state index in [0.29, 0.717) is 12.1 Å². The van der Waals surface area contributed by atoms with Gasteiger partial charge in [0.1, 0.15) is 0 Å². The van der Waals surface area contributed by atoms with Crippen molar-refractivity contribution >= 4 is 16.5 Å². The highest BCUT2D eigenvalue weighted by Gasteiger charge is 2.27. The van der Waals surface area contributed by atoms with E-state index in [9.17, 15) is 0 Å². The van der Waals surface area contributed by atoms with Gasteiger partial charge in [0.2, 0.25) is 0 Å². The summed E-state index contributed by atoms with van der Waals surface area (Å²) in [4.78, 5) is 8.21. The normalized spacial score (nSPS) is 25.8. The third kappa shape index (κ3) is 2.23. The van der Waals surface area contributed by atoms with Crippen LogP contribution in [0.5, 0.6) is 0 Å². The van der Waals surface area contributed by atoms with Gasteiger partial charge >= 0.3 is 0 Å². The standard InChI is InChI=1S/C12H21N3S/c1-8-9(2)16-12(14-8)15(3)11-7-5-4-6-10(11)13/h10-11H,4-7,13H2,1-3H3. The van der Waals surface area contributed by atoms with Crippen molar-refractivity contribution in [2.24, 2.45) is 5.73 Å². The predicted octanol–water partition coefficient (Wildman–Crippen LogP) is 2.47. The largest absolute Gasteiger partial charge is 0.347 e. The first kappa shape index (κ1) is 11.9. The number of hydrogen-bond acceptors (Lipinski definition) is 4. The Labute approximate surface area is 102 Å². The lowest BCUT2D eigenvalue weighted by Gasteiger charge is -2.35. The van der Waals surface area contributed by atoms with Gasteiger partial charge in [-0.15, -0.1) is 11.3 Å². The second-order valence-electron chi connectivity index (χ2n) is 4.76. The molecule has 2 unspecified atom stereocenters. The van der Waals surface area contributed by atoms with Gasteiger partial charge in [-0.2, -0.15) is 0 Å². The fraction of sp³-hybridized carbons (Fsp3) is 0.750. The summed E-state index contributed by atoms with van der Waals surface area (Å²) in [5.41, 5.74) is 7.35. The first-order valence-corrected chi connectivity index (χ1v) is 6.83. The number of nitrogens with two attached hydrogens (primary N) is 1. The van der Waals surface area contributed by atoms with Gasteiger partial charge in [0.25, 0.3) is 0 Å². The molecule has 0 radical (unpaired) electrons. The first-order valence-electron chi connectivity index (χ1n) is 6.02. The van der Waals surface area contributed by atoms with E-state index in [0.717, 1.165) is 17.2 Å². The third-order valence-corrected chi connectivity index (χ3v) is 4.76. The molecule has 1 saturated carbocycles. The van der Waals surface area contributed by atoms with Crippen LogP contribution < -0.4 is 10.6 Å². The van der Waals surface area contributed by atoms with E-state index in [1.807, 2.05) is 0 Å². The molecule has 0 bridgehead atoms. The van der Waals surface area contributed by atoms with Gasteiger partial charge in [-0.05, 0) is 26.7 Å². The van der Waals surface area contributed by atoms with Gasteiger partial charge in [-0.1, -0.05) is 12.8 Å². The quantitative estimate of drug-likeness (QED) is 0.862. The lowest BCUT2D eigenvalue weighted by molar-refractivity contribution is 0.373. The van der Waals surface area contributed by atoms with E-state index < -0.39 is 0 Å². The average molecular weight is 239 g/mol. The number of hydrogen-bond donors (Lipinski definition) is 1. The van der Waals surface area contributed by atoms with E-state index in [1.54, 1.807) is 11.3 Å². The Hall–Kier alpha value is -0.610. The Morgan fingerprint density at radius 1 is 1.31 bits per heavy atom. The lowest BCUT2D eigenvalue weighted by atomic mass is 9.90. The van der Waals surface area contributed by atoms with Crippen molar-refractivity contribution in [2.45, 2.75) is 51.6 Å². The summed E-state index contributed by atoms with van der Waals surface area (Å²) in [6.07, 6.45) is 4.93. The molecule has 0 amide bonds. The fourth-order valence-corrected chi connectivity index (χ4v) is 3.30. The first-order chi connectivity index (χ1) is 7.59. The summed E-state index contributed by atoms with van der Waals surface area (Å²) < 4.78 is 0. The fourth-order valence-electron chi connectivity index (χ4n) is 2.37. The minimum absolute atomic E-state index is 0.309. The van der Waals surface area contributed by atoms with Gasteiger partial charge in [0.15, 0.2) is 5.13 Å². The predicted molar refractivity (Wildman–Crippen MR) is 70.2 cm³/mol. The molecule has 2 rings (SSSR count). The molecule has 1 aliphatic rings. The van der Waals surface area contributed by atoms with Gasteiger partial charge in [-0.3, -0.25) is 0 Å². The molecule has 90 valence electrons. The van der Waals surface area contributed by atoms with Crippen molar-refractivity contribution in [1.29, 1.82) is 0 Å². The van der Waals surface area contributed by atoms with Crippen LogP contribution in [-0.2, 0) is 0 Å². The molecule has 1 heterocycles. The van der Waals surface area contributed by atoms with Crippen LogP contribution in [0, 0.1) is 13.8 Å². The summed E-state index contributed by atoms with van der Waals surface area (Å²) in [5.74, 6) is 0. The molecule has 1 aromatic rings. The van der Waals surface area contributed by atoms with Crippen molar-refractivity contribution in [3.63, 3.8) is 0 Å². The SMILES string of the molecule is Cc1nc(N(C)C2CCCCC2N)sc1C. The number of thiazole rings is 1. The monoisotopic (exact) mass is 239 g/mol. The summed E-state index contributed by atoms with van der Waals surface area (Å²) in [5, 5.41) is 1.12. The summed E-state index contributed by atoms with van der Waals surface area (Å²) in [7, 11) is 2.13. The zero-order valence-corrected chi connectivity index (χ0v) is 11.2. The van der Waals surface area contributed by atoms with Crippen LogP contribution in [0.3, 0.4) is 0 Å². The number of likely N-dealkylation sites (N-methyl/N-ethyl adjacent to an activating group) is 1. The molecular formula is C12H21N3S. The second kappa shape index (κ2) is 4.72. The van der Waals surface area contributed by atoms with E-state index in [-0.39, 0.29) is 0 Å². The number of anilines is 1. The Morgan fingerprint density at radius 2 is 2.00 bits per heavy atom. The van der Waals surface area contributed by atoms with Crippen molar-refractivity contribution < 1.29 is 0 Å². The number of rotatable bonds is 2. The van der Waals surface area contributed by atoms with Crippen LogP contribution in [0.2, 0.25) is 0 Å². The second-order valence-corrected chi connectivity index (χ2v) is 5.95. The van der Waals surface area contributed by atoms with E-state index >= 15 is 0 Å². The van der Waals surface area contributed by atoms with Crippen LogP contribution >= 0.6 is 11.3 Å². The Bertz CT molecular complexity index is 342. The molecule has 1 aromatic heterocycles. The van der Waals surface area contributed by atoms with E-state index in [1.165, 1.54) is 24.1 Å². The third-order valence-electron chi connectivity index (χ3n) is 3.60. The molecule has 16 heavy (non-hydrogen) atoms. The molecule has 4 heteroatoms. The van der Waals surface area contributed by atoms with Crippen LogP contribution in [-0.4, -0.2) is 24.1 Å². The Kier molecular flexibility index (Phi) is 3.50. The molecule has 3 nitrogen and oxygen atoms in total. The van der Waals surface area contributed by atoms with Gasteiger partial charge in [-0.25, -0.2) is 4.98 Å². The average Bonchev–Trinajstić information content (AvgIpc) is 2.59. The van der Waals surface area contributed by atoms with Crippen LogP contribution in [0.15, 0.2) is 0 Å². The summed E-state index contributed by atoms with van der Waals surface area (Å²) >= 11 is 1.78. The zero-order chi connectivity index (χ0) is 11.7. The minimum Gasteiger partial charge on any atom is -0.347 e. The highest BCUT2D eigenvalue weighted by Crippen LogP contribution is 2.29. The molecular weight excluding hydrogens is 218 g/mol. The number of aryl methyl sites for hydroxylation is 2. The van der Waals surface area contributed by atoms with Crippen molar-refractivity contribution in [3.8, 4) is 0 Å². The van der Waals surface area contributed by atoms with Crippen molar-refractivity contribution in [1.82, 2.24) is 4.98 Å². The highest BCUT2D eigenvalue weighted by molar-refractivity contribution is 7.15. The molecule has 0 saturated heterocycles. The molecule has 0 aromatic carbocycles. The topological polar surface area (TPSA) is 42.2 Å². The molecule has 1 aliphatic carbocycles. The summed E-state index contributed by atoms with van der Waals surface area (Å²) in [6.45, 7) is 4.20. The number of nitrogens with zero attached hydrogens (tertiary/aromatic N) is 2. The van der Waals surface area contributed by atoms with Crippen LogP contribution in [0.1, 0.15) is 36.3 Å². The highest BCUT2D eigenvalue weighted by atomic mass is 32.1. The molecule has 0 spiro atoms. The Morgan fingerprint density at radius 3 is 2.56 bits per heavy atom. The van der Waals surface area contributed by atoms with Gasteiger partial charge in [0, 0.05) is 24.0 Å². The zero-order valence-electron chi connectivity index (χ0n) is 10.4. The maximum atomic E-state index is 6.20. The lowest BCUT2D eigenvalue weighted by Crippen LogP contribution is -2.48. The maximum Gasteiger partial charge on any atom is 0.185 e. The van der Waals surface area contributed by atoms with Gasteiger partial charge in [0.05, 0.1) is 5.69 Å². The molecule has 1 fully saturated rings. The van der Waals surface area contributed by atoms with E-state index in [4.69, 9.17) is 5.73 Å². The van der Waals surface area contributed by atoms with Crippen molar-refractivity contribution in [2.75, 3.05) is 11.9 Å². The van der Waals surface area contributed by atoms with Gasteiger partial charge < -0.3 is 10.6 Å². The smallest absolute Gasteiger partial charge is 0.185 e. The van der Waals surface area contributed by atoms with Crippen LogP contribution in [0.25, 0.3) is 0 Å². The number of aromatic nitrogens is 1.